The molecule has 0 fully saturated rings. The van der Waals surface area contributed by atoms with E-state index in [1.807, 2.05) is 14.0 Å². The van der Waals surface area contributed by atoms with Crippen molar-refractivity contribution in [1.29, 1.82) is 0 Å². The molecule has 1 aromatic heterocycles. The highest BCUT2D eigenvalue weighted by atomic mass is 32.2. The lowest BCUT2D eigenvalue weighted by molar-refractivity contribution is 0.368. The summed E-state index contributed by atoms with van der Waals surface area (Å²) in [6, 6.07) is 0. The second-order valence-corrected chi connectivity index (χ2v) is 5.87. The SMILES string of the molecule is COc1c(CNCCNS(C)(=O)=O)c(C)nn1C. The molecule has 0 atom stereocenters. The molecule has 8 heteroatoms. The summed E-state index contributed by atoms with van der Waals surface area (Å²) in [7, 11) is 0.305. The summed E-state index contributed by atoms with van der Waals surface area (Å²) in [4.78, 5) is 0. The standard InChI is InChI=1S/C10H20N4O3S/c1-8-9(10(17-3)14(2)13-8)7-11-5-6-12-18(4,15)16/h11-12H,5-7H2,1-4H3. The summed E-state index contributed by atoms with van der Waals surface area (Å²) in [5.41, 5.74) is 1.89. The lowest BCUT2D eigenvalue weighted by Gasteiger charge is -2.07. The largest absolute Gasteiger partial charge is 0.481 e. The number of aryl methyl sites for hydroxylation is 2. The summed E-state index contributed by atoms with van der Waals surface area (Å²) in [6.07, 6.45) is 1.14. The molecule has 0 unspecified atom stereocenters. The average Bonchev–Trinajstić information content (AvgIpc) is 2.51. The summed E-state index contributed by atoms with van der Waals surface area (Å²) in [5, 5.41) is 7.40. The molecule has 0 radical (unpaired) electrons. The highest BCUT2D eigenvalue weighted by Gasteiger charge is 2.12. The Balaban J connectivity index is 2.45. The fourth-order valence-corrected chi connectivity index (χ4v) is 2.15. The Morgan fingerprint density at radius 2 is 2.06 bits per heavy atom. The summed E-state index contributed by atoms with van der Waals surface area (Å²) >= 11 is 0. The highest BCUT2D eigenvalue weighted by Crippen LogP contribution is 2.20. The third-order valence-corrected chi connectivity index (χ3v) is 3.18. The molecule has 0 aliphatic rings. The molecule has 7 nitrogen and oxygen atoms in total. The first-order chi connectivity index (χ1) is 8.35. The maximum Gasteiger partial charge on any atom is 0.216 e. The van der Waals surface area contributed by atoms with Gasteiger partial charge in [-0.1, -0.05) is 0 Å². The van der Waals surface area contributed by atoms with E-state index in [4.69, 9.17) is 4.74 Å². The van der Waals surface area contributed by atoms with E-state index in [0.29, 0.717) is 19.6 Å². The van der Waals surface area contributed by atoms with E-state index in [2.05, 4.69) is 15.1 Å². The van der Waals surface area contributed by atoms with Gasteiger partial charge >= 0.3 is 0 Å². The lowest BCUT2D eigenvalue weighted by Crippen LogP contribution is -2.30. The highest BCUT2D eigenvalue weighted by molar-refractivity contribution is 7.88. The van der Waals surface area contributed by atoms with Gasteiger partial charge < -0.3 is 10.1 Å². The van der Waals surface area contributed by atoms with Gasteiger partial charge in [0.1, 0.15) is 0 Å². The topological polar surface area (TPSA) is 85.2 Å². The third kappa shape index (κ3) is 4.28. The van der Waals surface area contributed by atoms with Crippen LogP contribution in [-0.4, -0.2) is 44.7 Å². The predicted octanol–water partition coefficient (Wildman–Crippen LogP) is -0.624. The van der Waals surface area contributed by atoms with Crippen LogP contribution < -0.4 is 14.8 Å². The zero-order valence-corrected chi connectivity index (χ0v) is 12.0. The molecule has 0 bridgehead atoms. The molecular formula is C10H20N4O3S. The summed E-state index contributed by atoms with van der Waals surface area (Å²) < 4.78 is 31.1. The van der Waals surface area contributed by atoms with Crippen molar-refractivity contribution in [3.8, 4) is 5.88 Å². The van der Waals surface area contributed by atoms with Gasteiger partial charge in [-0.15, -0.1) is 0 Å². The van der Waals surface area contributed by atoms with Crippen LogP contribution in [0.3, 0.4) is 0 Å². The Bertz CT molecular complexity index is 495. The second-order valence-electron chi connectivity index (χ2n) is 4.04. The molecule has 18 heavy (non-hydrogen) atoms. The van der Waals surface area contributed by atoms with Gasteiger partial charge in [-0.3, -0.25) is 0 Å². The van der Waals surface area contributed by atoms with Crippen LogP contribution in [0, 0.1) is 6.92 Å². The van der Waals surface area contributed by atoms with Crippen molar-refractivity contribution >= 4 is 10.0 Å². The van der Waals surface area contributed by atoms with E-state index in [-0.39, 0.29) is 0 Å². The first kappa shape index (κ1) is 14.9. The molecular weight excluding hydrogens is 256 g/mol. The van der Waals surface area contributed by atoms with Crippen molar-refractivity contribution in [1.82, 2.24) is 19.8 Å². The van der Waals surface area contributed by atoms with Gasteiger partial charge in [0.2, 0.25) is 15.9 Å². The first-order valence-electron chi connectivity index (χ1n) is 5.57. The number of rotatable bonds is 7. The van der Waals surface area contributed by atoms with Crippen molar-refractivity contribution in [2.45, 2.75) is 13.5 Å². The zero-order valence-electron chi connectivity index (χ0n) is 11.1. The molecule has 0 saturated heterocycles. The number of methoxy groups -OCH3 is 1. The smallest absolute Gasteiger partial charge is 0.216 e. The molecule has 1 aromatic rings. The van der Waals surface area contributed by atoms with Crippen molar-refractivity contribution < 1.29 is 13.2 Å². The number of nitrogens with one attached hydrogen (secondary N) is 2. The van der Waals surface area contributed by atoms with Gasteiger partial charge in [0.25, 0.3) is 0 Å². The van der Waals surface area contributed by atoms with E-state index in [1.54, 1.807) is 11.8 Å². The van der Waals surface area contributed by atoms with Crippen LogP contribution >= 0.6 is 0 Å². The first-order valence-corrected chi connectivity index (χ1v) is 7.46. The van der Waals surface area contributed by atoms with E-state index >= 15 is 0 Å². The minimum Gasteiger partial charge on any atom is -0.481 e. The Morgan fingerprint density at radius 3 is 2.61 bits per heavy atom. The second kappa shape index (κ2) is 6.17. The minimum atomic E-state index is -3.12. The number of aromatic nitrogens is 2. The third-order valence-electron chi connectivity index (χ3n) is 2.45. The quantitative estimate of drug-likeness (QED) is 0.648. The van der Waals surface area contributed by atoms with Crippen LogP contribution in [0.4, 0.5) is 0 Å². The van der Waals surface area contributed by atoms with Crippen LogP contribution in [0.2, 0.25) is 0 Å². The van der Waals surface area contributed by atoms with Gasteiger partial charge in [-0.05, 0) is 6.92 Å². The van der Waals surface area contributed by atoms with Crippen LogP contribution in [-0.2, 0) is 23.6 Å². The number of ether oxygens (including phenoxy) is 1. The Kier molecular flexibility index (Phi) is 5.12. The minimum absolute atomic E-state index is 0.362. The Hall–Kier alpha value is -1.12. The summed E-state index contributed by atoms with van der Waals surface area (Å²) in [6.45, 7) is 3.41. The van der Waals surface area contributed by atoms with E-state index in [1.165, 1.54) is 0 Å². The maximum atomic E-state index is 10.9. The fraction of sp³-hybridized carbons (Fsp3) is 0.700. The van der Waals surface area contributed by atoms with Crippen molar-refractivity contribution in [2.75, 3.05) is 26.5 Å². The van der Waals surface area contributed by atoms with Crippen molar-refractivity contribution in [2.24, 2.45) is 7.05 Å². The molecule has 0 aliphatic heterocycles. The Labute approximate surface area is 108 Å². The zero-order chi connectivity index (χ0) is 13.8. The van der Waals surface area contributed by atoms with Crippen molar-refractivity contribution in [3.63, 3.8) is 0 Å². The van der Waals surface area contributed by atoms with E-state index in [0.717, 1.165) is 23.4 Å². The van der Waals surface area contributed by atoms with E-state index in [9.17, 15) is 8.42 Å². The molecule has 2 N–H and O–H groups in total. The number of hydrogen-bond acceptors (Lipinski definition) is 5. The lowest BCUT2D eigenvalue weighted by atomic mass is 10.2. The number of nitrogens with zero attached hydrogens (tertiary/aromatic N) is 2. The molecule has 0 spiro atoms. The van der Waals surface area contributed by atoms with E-state index < -0.39 is 10.0 Å². The molecule has 104 valence electrons. The van der Waals surface area contributed by atoms with Gasteiger partial charge in [0.05, 0.1) is 24.6 Å². The van der Waals surface area contributed by atoms with Crippen LogP contribution in [0.25, 0.3) is 0 Å². The fourth-order valence-electron chi connectivity index (χ4n) is 1.68. The molecule has 0 saturated carbocycles. The molecule has 1 rings (SSSR count). The Morgan fingerprint density at radius 1 is 1.39 bits per heavy atom. The van der Waals surface area contributed by atoms with Gasteiger partial charge in [-0.2, -0.15) is 5.10 Å². The van der Waals surface area contributed by atoms with Crippen molar-refractivity contribution in [3.05, 3.63) is 11.3 Å². The predicted molar refractivity (Wildman–Crippen MR) is 69.1 cm³/mol. The number of hydrogen-bond donors (Lipinski definition) is 2. The normalized spacial score (nSPS) is 11.8. The van der Waals surface area contributed by atoms with Gasteiger partial charge in [-0.25, -0.2) is 17.8 Å². The van der Waals surface area contributed by atoms with Crippen LogP contribution in [0.1, 0.15) is 11.3 Å². The molecule has 0 aliphatic carbocycles. The monoisotopic (exact) mass is 276 g/mol. The van der Waals surface area contributed by atoms with Crippen LogP contribution in [0.5, 0.6) is 5.88 Å². The number of sulfonamides is 1. The average molecular weight is 276 g/mol. The van der Waals surface area contributed by atoms with Gasteiger partial charge in [0, 0.05) is 26.7 Å². The maximum absolute atomic E-state index is 10.9. The van der Waals surface area contributed by atoms with Gasteiger partial charge in [0.15, 0.2) is 0 Å². The molecule has 0 aromatic carbocycles. The molecule has 1 heterocycles. The van der Waals surface area contributed by atoms with Crippen LogP contribution in [0.15, 0.2) is 0 Å². The summed E-state index contributed by atoms with van der Waals surface area (Å²) in [5.74, 6) is 0.719. The molecule has 0 amide bonds.